The molecule has 21 heavy (non-hydrogen) atoms. The molecule has 0 aliphatic rings. The van der Waals surface area contributed by atoms with Gasteiger partial charge in [-0.15, -0.1) is 0 Å². The highest BCUT2D eigenvalue weighted by molar-refractivity contribution is 7.90. The number of nitro groups is 1. The molecule has 0 radical (unpaired) electrons. The molecule has 0 aliphatic carbocycles. The number of aromatic amines is 1. The molecule has 9 nitrogen and oxygen atoms in total. The predicted molar refractivity (Wildman–Crippen MR) is 74.7 cm³/mol. The molecule has 1 heterocycles. The molecule has 0 aliphatic heterocycles. The van der Waals surface area contributed by atoms with E-state index in [1.54, 1.807) is 11.9 Å². The summed E-state index contributed by atoms with van der Waals surface area (Å²) in [6, 6.07) is 3.95. The average Bonchev–Trinajstić information content (AvgIpc) is 2.89. The molecule has 1 aromatic heterocycles. The highest BCUT2D eigenvalue weighted by Crippen LogP contribution is 2.28. The molecule has 10 heteroatoms. The van der Waals surface area contributed by atoms with Gasteiger partial charge in [-0.1, -0.05) is 0 Å². The highest BCUT2D eigenvalue weighted by atomic mass is 32.2. The Labute approximate surface area is 120 Å². The fourth-order valence-corrected chi connectivity index (χ4v) is 2.67. The van der Waals surface area contributed by atoms with Crippen LogP contribution in [-0.2, 0) is 16.4 Å². The zero-order chi connectivity index (χ0) is 15.6. The molecular weight excluding hydrogens is 298 g/mol. The van der Waals surface area contributed by atoms with E-state index in [-0.39, 0.29) is 4.90 Å². The van der Waals surface area contributed by atoms with Crippen LogP contribution in [0.15, 0.2) is 29.4 Å². The third kappa shape index (κ3) is 3.34. The molecule has 1 aromatic carbocycles. The summed E-state index contributed by atoms with van der Waals surface area (Å²) in [5.41, 5.74) is 0.0896. The van der Waals surface area contributed by atoms with Crippen LogP contribution in [0, 0.1) is 10.1 Å². The van der Waals surface area contributed by atoms with Crippen LogP contribution in [0.5, 0.6) is 0 Å². The second-order valence-electron chi connectivity index (χ2n) is 4.47. The third-order valence-corrected chi connectivity index (χ3v) is 3.96. The first-order chi connectivity index (χ1) is 9.79. The Hall–Kier alpha value is -2.49. The van der Waals surface area contributed by atoms with Crippen molar-refractivity contribution in [2.75, 3.05) is 18.2 Å². The molecule has 0 fully saturated rings. The van der Waals surface area contributed by atoms with Gasteiger partial charge in [-0.2, -0.15) is 5.10 Å². The van der Waals surface area contributed by atoms with Crippen molar-refractivity contribution in [3.8, 4) is 0 Å². The average molecular weight is 311 g/mol. The monoisotopic (exact) mass is 311 g/mol. The minimum absolute atomic E-state index is 0.311. The number of benzene rings is 1. The Morgan fingerprint density at radius 1 is 1.43 bits per heavy atom. The van der Waals surface area contributed by atoms with Gasteiger partial charge in [-0.05, 0) is 12.1 Å². The van der Waals surface area contributed by atoms with E-state index >= 15 is 0 Å². The first-order valence-corrected chi connectivity index (χ1v) is 7.72. The number of nitrogens with one attached hydrogen (secondary N) is 1. The van der Waals surface area contributed by atoms with Crippen LogP contribution in [0.3, 0.4) is 0 Å². The smallest absolute Gasteiger partial charge is 0.288 e. The number of hydrogen-bond acceptors (Lipinski definition) is 7. The molecule has 2 aromatic rings. The number of H-pyrrole nitrogens is 1. The summed E-state index contributed by atoms with van der Waals surface area (Å²) in [6.45, 7) is 0.362. The summed E-state index contributed by atoms with van der Waals surface area (Å²) in [6.07, 6.45) is 2.30. The Bertz CT molecular complexity index is 757. The summed E-state index contributed by atoms with van der Waals surface area (Å²) >= 11 is 0. The molecule has 0 saturated heterocycles. The van der Waals surface area contributed by atoms with Crippen LogP contribution in [0.4, 0.5) is 11.4 Å². The lowest BCUT2D eigenvalue weighted by Crippen LogP contribution is -2.18. The lowest BCUT2D eigenvalue weighted by Gasteiger charge is -2.18. The predicted octanol–water partition coefficient (Wildman–Crippen LogP) is 0.753. The summed E-state index contributed by atoms with van der Waals surface area (Å²) in [7, 11) is -1.98. The van der Waals surface area contributed by atoms with Crippen molar-refractivity contribution < 1.29 is 13.3 Å². The van der Waals surface area contributed by atoms with Gasteiger partial charge in [0.25, 0.3) is 5.69 Å². The maximum Gasteiger partial charge on any atom is 0.288 e. The van der Waals surface area contributed by atoms with Crippen LogP contribution in [0.1, 0.15) is 5.82 Å². The van der Waals surface area contributed by atoms with Crippen LogP contribution >= 0.6 is 0 Å². The standard InChI is InChI=1S/C11H13N5O4S/c1-15(6-11-12-7-13-14-11)8-3-4-9(16(17)18)10(5-8)21(2,19)20/h3-5,7H,6H2,1-2H3,(H,12,13,14). The zero-order valence-corrected chi connectivity index (χ0v) is 12.2. The summed E-state index contributed by atoms with van der Waals surface area (Å²) in [4.78, 5) is 15.6. The first-order valence-electron chi connectivity index (χ1n) is 5.83. The maximum atomic E-state index is 11.7. The molecule has 0 amide bonds. The largest absolute Gasteiger partial charge is 0.367 e. The first kappa shape index (κ1) is 14.9. The summed E-state index contributed by atoms with van der Waals surface area (Å²) < 4.78 is 23.4. The zero-order valence-electron chi connectivity index (χ0n) is 11.3. The molecule has 0 saturated carbocycles. The van der Waals surface area contributed by atoms with Crippen molar-refractivity contribution in [1.29, 1.82) is 0 Å². The molecule has 1 N–H and O–H groups in total. The summed E-state index contributed by atoms with van der Waals surface area (Å²) in [5.74, 6) is 0.594. The number of anilines is 1. The van der Waals surface area contributed by atoms with E-state index in [1.807, 2.05) is 0 Å². The minimum atomic E-state index is -3.70. The number of nitrogens with zero attached hydrogens (tertiary/aromatic N) is 4. The van der Waals surface area contributed by atoms with Crippen molar-refractivity contribution >= 4 is 21.2 Å². The second-order valence-corrected chi connectivity index (χ2v) is 6.45. The van der Waals surface area contributed by atoms with E-state index in [0.717, 1.165) is 6.26 Å². The molecule has 0 bridgehead atoms. The van der Waals surface area contributed by atoms with E-state index < -0.39 is 20.4 Å². The van der Waals surface area contributed by atoms with Crippen molar-refractivity contribution in [3.05, 3.63) is 40.5 Å². The molecule has 112 valence electrons. The lowest BCUT2D eigenvalue weighted by molar-refractivity contribution is -0.387. The van der Waals surface area contributed by atoms with Crippen LogP contribution in [0.2, 0.25) is 0 Å². The van der Waals surface area contributed by atoms with Gasteiger partial charge in [0, 0.05) is 25.1 Å². The number of nitro benzene ring substituents is 1. The van der Waals surface area contributed by atoms with Crippen molar-refractivity contribution in [3.63, 3.8) is 0 Å². The second kappa shape index (κ2) is 5.48. The van der Waals surface area contributed by atoms with E-state index in [0.29, 0.717) is 18.1 Å². The van der Waals surface area contributed by atoms with Gasteiger partial charge < -0.3 is 4.90 Å². The van der Waals surface area contributed by atoms with E-state index in [4.69, 9.17) is 0 Å². The van der Waals surface area contributed by atoms with E-state index in [2.05, 4.69) is 15.2 Å². The number of rotatable bonds is 5. The maximum absolute atomic E-state index is 11.7. The van der Waals surface area contributed by atoms with E-state index in [1.165, 1.54) is 24.5 Å². The number of aromatic nitrogens is 3. The van der Waals surface area contributed by atoms with Crippen LogP contribution < -0.4 is 4.90 Å². The Morgan fingerprint density at radius 2 is 2.14 bits per heavy atom. The van der Waals surface area contributed by atoms with Gasteiger partial charge in [0.05, 0.1) is 11.5 Å². The summed E-state index contributed by atoms with van der Waals surface area (Å²) in [5, 5.41) is 17.3. The van der Waals surface area contributed by atoms with Crippen molar-refractivity contribution in [2.45, 2.75) is 11.4 Å². The van der Waals surface area contributed by atoms with Gasteiger partial charge in [0.15, 0.2) is 9.84 Å². The normalized spacial score (nSPS) is 11.3. The quantitative estimate of drug-likeness (QED) is 0.638. The van der Waals surface area contributed by atoms with Gasteiger partial charge in [-0.3, -0.25) is 15.2 Å². The Balaban J connectivity index is 2.40. The SMILES string of the molecule is CN(Cc1ncn[nH]1)c1ccc([N+](=O)[O-])c(S(C)(=O)=O)c1. The fourth-order valence-electron chi connectivity index (χ4n) is 1.81. The Morgan fingerprint density at radius 3 is 2.67 bits per heavy atom. The fraction of sp³-hybridized carbons (Fsp3) is 0.273. The third-order valence-electron chi connectivity index (χ3n) is 2.83. The number of sulfone groups is 1. The van der Waals surface area contributed by atoms with Gasteiger partial charge >= 0.3 is 0 Å². The van der Waals surface area contributed by atoms with Crippen molar-refractivity contribution in [1.82, 2.24) is 15.2 Å². The van der Waals surface area contributed by atoms with Gasteiger partial charge in [-0.25, -0.2) is 13.4 Å². The lowest BCUT2D eigenvalue weighted by atomic mass is 10.2. The molecule has 0 spiro atoms. The minimum Gasteiger partial charge on any atom is -0.367 e. The van der Waals surface area contributed by atoms with Crippen LogP contribution in [0.25, 0.3) is 0 Å². The molecule has 0 atom stereocenters. The van der Waals surface area contributed by atoms with Gasteiger partial charge in [0.2, 0.25) is 0 Å². The van der Waals surface area contributed by atoms with Gasteiger partial charge in [0.1, 0.15) is 17.0 Å². The van der Waals surface area contributed by atoms with E-state index in [9.17, 15) is 18.5 Å². The molecule has 0 unspecified atom stereocenters. The molecular formula is C11H13N5O4S. The van der Waals surface area contributed by atoms with Crippen LogP contribution in [-0.4, -0.2) is 41.8 Å². The highest BCUT2D eigenvalue weighted by Gasteiger charge is 2.23. The topological polar surface area (TPSA) is 122 Å². The molecule has 2 rings (SSSR count). The van der Waals surface area contributed by atoms with Crippen molar-refractivity contribution in [2.24, 2.45) is 0 Å². The Kier molecular flexibility index (Phi) is 3.89. The number of hydrogen-bond donors (Lipinski definition) is 1.